The Morgan fingerprint density at radius 1 is 1.41 bits per heavy atom. The molecule has 0 spiro atoms. The molecule has 0 aromatic heterocycles. The van der Waals surface area contributed by atoms with Crippen LogP contribution in [0.5, 0.6) is 5.75 Å². The molecule has 90 valence electrons. The molecule has 0 amide bonds. The van der Waals surface area contributed by atoms with E-state index in [-0.39, 0.29) is 17.1 Å². The molecule has 17 heavy (non-hydrogen) atoms. The van der Waals surface area contributed by atoms with Crippen molar-refractivity contribution in [3.63, 3.8) is 0 Å². The second-order valence-corrected chi connectivity index (χ2v) is 4.22. The first-order chi connectivity index (χ1) is 8.06. The highest BCUT2D eigenvalue weighted by Gasteiger charge is 2.27. The third-order valence-corrected chi connectivity index (χ3v) is 3.10. The molecule has 0 bridgehead atoms. The lowest BCUT2D eigenvalue weighted by molar-refractivity contribution is 0.0596. The van der Waals surface area contributed by atoms with Crippen molar-refractivity contribution in [3.8, 4) is 5.75 Å². The van der Waals surface area contributed by atoms with E-state index in [0.717, 1.165) is 18.4 Å². The van der Waals surface area contributed by atoms with Gasteiger partial charge in [0.15, 0.2) is 5.78 Å². The summed E-state index contributed by atoms with van der Waals surface area (Å²) in [5.41, 5.74) is 1.86. The summed E-state index contributed by atoms with van der Waals surface area (Å²) >= 11 is 0. The van der Waals surface area contributed by atoms with Crippen molar-refractivity contribution in [1.29, 1.82) is 0 Å². The molecule has 1 aliphatic carbocycles. The number of esters is 1. The van der Waals surface area contributed by atoms with Crippen molar-refractivity contribution < 1.29 is 19.4 Å². The van der Waals surface area contributed by atoms with Crippen LogP contribution >= 0.6 is 0 Å². The SMILES string of the molecule is COC(=O)c1c(C)cc2c(c1O)C(=O)CCC2. The molecule has 2 rings (SSSR count). The van der Waals surface area contributed by atoms with Crippen LogP contribution in [0, 0.1) is 6.92 Å². The first-order valence-electron chi connectivity index (χ1n) is 5.53. The second kappa shape index (κ2) is 4.20. The van der Waals surface area contributed by atoms with Crippen molar-refractivity contribution in [1.82, 2.24) is 0 Å². The molecule has 4 nitrogen and oxygen atoms in total. The molecule has 0 atom stereocenters. The van der Waals surface area contributed by atoms with Gasteiger partial charge in [-0.05, 0) is 30.9 Å². The zero-order valence-electron chi connectivity index (χ0n) is 9.87. The molecule has 0 radical (unpaired) electrons. The predicted molar refractivity (Wildman–Crippen MR) is 61.5 cm³/mol. The largest absolute Gasteiger partial charge is 0.506 e. The fraction of sp³-hybridized carbons (Fsp3) is 0.385. The van der Waals surface area contributed by atoms with Crippen molar-refractivity contribution in [3.05, 3.63) is 28.3 Å². The van der Waals surface area contributed by atoms with Crippen LogP contribution in [-0.2, 0) is 11.2 Å². The number of rotatable bonds is 1. The number of carbonyl (C=O) groups excluding carboxylic acids is 2. The van der Waals surface area contributed by atoms with E-state index >= 15 is 0 Å². The summed E-state index contributed by atoms with van der Waals surface area (Å²) in [7, 11) is 1.25. The highest BCUT2D eigenvalue weighted by atomic mass is 16.5. The third kappa shape index (κ3) is 1.79. The van der Waals surface area contributed by atoms with E-state index in [2.05, 4.69) is 4.74 Å². The molecule has 1 N–H and O–H groups in total. The lowest BCUT2D eigenvalue weighted by Crippen LogP contribution is -2.15. The van der Waals surface area contributed by atoms with Crippen LogP contribution in [0.4, 0.5) is 0 Å². The molecule has 1 aliphatic rings. The number of hydrogen-bond donors (Lipinski definition) is 1. The van der Waals surface area contributed by atoms with Gasteiger partial charge in [-0.15, -0.1) is 0 Å². The zero-order chi connectivity index (χ0) is 12.6. The van der Waals surface area contributed by atoms with Crippen LogP contribution in [0.25, 0.3) is 0 Å². The Bertz CT molecular complexity index is 503. The smallest absolute Gasteiger partial charge is 0.341 e. The van der Waals surface area contributed by atoms with Gasteiger partial charge in [0.2, 0.25) is 0 Å². The average Bonchev–Trinajstić information content (AvgIpc) is 2.28. The summed E-state index contributed by atoms with van der Waals surface area (Å²) in [4.78, 5) is 23.3. The minimum Gasteiger partial charge on any atom is -0.506 e. The molecule has 1 aromatic rings. The van der Waals surface area contributed by atoms with Gasteiger partial charge in [0.1, 0.15) is 11.3 Å². The fourth-order valence-electron chi connectivity index (χ4n) is 2.30. The molecule has 4 heteroatoms. The van der Waals surface area contributed by atoms with Gasteiger partial charge in [0.25, 0.3) is 0 Å². The fourth-order valence-corrected chi connectivity index (χ4v) is 2.30. The van der Waals surface area contributed by atoms with Gasteiger partial charge >= 0.3 is 5.97 Å². The first kappa shape index (κ1) is 11.6. The number of aromatic hydroxyl groups is 1. The number of Topliss-reactive ketones (excluding diaryl/α,β-unsaturated/α-hetero) is 1. The minimum atomic E-state index is -0.610. The van der Waals surface area contributed by atoms with Gasteiger partial charge in [0.05, 0.1) is 12.7 Å². The van der Waals surface area contributed by atoms with Crippen LogP contribution < -0.4 is 0 Å². The van der Waals surface area contributed by atoms with E-state index in [9.17, 15) is 14.7 Å². The highest BCUT2D eigenvalue weighted by molar-refractivity contribution is 6.05. The maximum absolute atomic E-state index is 11.8. The third-order valence-electron chi connectivity index (χ3n) is 3.10. The number of benzene rings is 1. The van der Waals surface area contributed by atoms with Gasteiger partial charge in [-0.2, -0.15) is 0 Å². The normalized spacial score (nSPS) is 14.4. The van der Waals surface area contributed by atoms with E-state index < -0.39 is 5.97 Å². The number of phenols is 1. The topological polar surface area (TPSA) is 63.6 Å². The van der Waals surface area contributed by atoms with Gasteiger partial charge in [-0.25, -0.2) is 4.79 Å². The molecular weight excluding hydrogens is 220 g/mol. The molecule has 1 aromatic carbocycles. The summed E-state index contributed by atoms with van der Waals surface area (Å²) in [6.45, 7) is 1.73. The monoisotopic (exact) mass is 234 g/mol. The Morgan fingerprint density at radius 2 is 2.12 bits per heavy atom. The van der Waals surface area contributed by atoms with E-state index in [1.54, 1.807) is 13.0 Å². The van der Waals surface area contributed by atoms with Gasteiger partial charge < -0.3 is 9.84 Å². The quantitative estimate of drug-likeness (QED) is 0.755. The summed E-state index contributed by atoms with van der Waals surface area (Å²) in [5, 5.41) is 10.1. The number of ether oxygens (including phenoxy) is 1. The lowest BCUT2D eigenvalue weighted by Gasteiger charge is -2.19. The van der Waals surface area contributed by atoms with Crippen LogP contribution in [0.15, 0.2) is 6.07 Å². The number of methoxy groups -OCH3 is 1. The Kier molecular flexibility index (Phi) is 2.88. The standard InChI is InChI=1S/C13H14O4/c1-7-6-8-4-3-5-9(14)11(8)12(15)10(7)13(16)17-2/h6,15H,3-5H2,1-2H3. The van der Waals surface area contributed by atoms with Crippen molar-refractivity contribution in [2.24, 2.45) is 0 Å². The second-order valence-electron chi connectivity index (χ2n) is 4.22. The van der Waals surface area contributed by atoms with Crippen LogP contribution in [-0.4, -0.2) is 24.0 Å². The molecule has 0 aliphatic heterocycles. The van der Waals surface area contributed by atoms with Crippen molar-refractivity contribution >= 4 is 11.8 Å². The average molecular weight is 234 g/mol. The van der Waals surface area contributed by atoms with Crippen LogP contribution in [0.2, 0.25) is 0 Å². The number of ketones is 1. The van der Waals surface area contributed by atoms with E-state index in [1.807, 2.05) is 0 Å². The number of phenolic OH excluding ortho intramolecular Hbond substituents is 1. The van der Waals surface area contributed by atoms with E-state index in [1.165, 1.54) is 7.11 Å². The number of hydrogen-bond acceptors (Lipinski definition) is 4. The summed E-state index contributed by atoms with van der Waals surface area (Å²) in [6.07, 6.45) is 1.98. The van der Waals surface area contributed by atoms with Gasteiger partial charge in [0, 0.05) is 6.42 Å². The van der Waals surface area contributed by atoms with E-state index in [0.29, 0.717) is 17.5 Å². The Hall–Kier alpha value is -1.84. The van der Waals surface area contributed by atoms with Crippen LogP contribution in [0.1, 0.15) is 44.7 Å². The van der Waals surface area contributed by atoms with Crippen molar-refractivity contribution in [2.45, 2.75) is 26.2 Å². The van der Waals surface area contributed by atoms with E-state index in [4.69, 9.17) is 0 Å². The first-order valence-corrected chi connectivity index (χ1v) is 5.53. The maximum Gasteiger partial charge on any atom is 0.341 e. The number of aryl methyl sites for hydroxylation is 2. The summed E-state index contributed by atoms with van der Waals surface area (Å²) in [6, 6.07) is 1.79. The molecule has 0 unspecified atom stereocenters. The molecule has 0 saturated carbocycles. The maximum atomic E-state index is 11.8. The van der Waals surface area contributed by atoms with Crippen molar-refractivity contribution in [2.75, 3.05) is 7.11 Å². The van der Waals surface area contributed by atoms with Gasteiger partial charge in [-0.3, -0.25) is 4.79 Å². The predicted octanol–water partition coefficient (Wildman–Crippen LogP) is 2.01. The minimum absolute atomic E-state index is 0.0986. The van der Waals surface area contributed by atoms with Crippen LogP contribution in [0.3, 0.4) is 0 Å². The van der Waals surface area contributed by atoms with Gasteiger partial charge in [-0.1, -0.05) is 6.07 Å². The highest BCUT2D eigenvalue weighted by Crippen LogP contribution is 2.34. The Labute approximate surface area is 99.2 Å². The number of fused-ring (bicyclic) bond motifs is 1. The molecule has 0 fully saturated rings. The summed E-state index contributed by atoms with van der Waals surface area (Å²) in [5.74, 6) is -0.938. The molecule has 0 heterocycles. The summed E-state index contributed by atoms with van der Waals surface area (Å²) < 4.78 is 4.61. The Morgan fingerprint density at radius 3 is 2.76 bits per heavy atom. The zero-order valence-corrected chi connectivity index (χ0v) is 9.87. The molecule has 0 saturated heterocycles. The lowest BCUT2D eigenvalue weighted by atomic mass is 9.86. The molecular formula is C13H14O4. The Balaban J connectivity index is 2.68. The number of carbonyl (C=O) groups is 2.